The molecule has 0 aliphatic heterocycles. The molecule has 27 heavy (non-hydrogen) atoms. The zero-order valence-corrected chi connectivity index (χ0v) is 15.0. The van der Waals surface area contributed by atoms with Gasteiger partial charge in [-0.3, -0.25) is 19.8 Å². The lowest BCUT2D eigenvalue weighted by Gasteiger charge is -2.17. The van der Waals surface area contributed by atoms with E-state index in [0.29, 0.717) is 16.5 Å². The Morgan fingerprint density at radius 3 is 2.67 bits per heavy atom. The second kappa shape index (κ2) is 7.92. The Bertz CT molecular complexity index is 978. The Kier molecular flexibility index (Phi) is 5.41. The van der Waals surface area contributed by atoms with Gasteiger partial charge in [0.2, 0.25) is 5.91 Å². The molecule has 0 radical (unpaired) electrons. The lowest BCUT2D eigenvalue weighted by molar-refractivity contribution is -0.385. The van der Waals surface area contributed by atoms with Crippen molar-refractivity contribution in [1.82, 2.24) is 4.98 Å². The molecule has 1 heterocycles. The number of halogens is 1. The highest BCUT2D eigenvalue weighted by atomic mass is 32.1. The van der Waals surface area contributed by atoms with E-state index in [-0.39, 0.29) is 24.0 Å². The van der Waals surface area contributed by atoms with Crippen molar-refractivity contribution in [3.05, 3.63) is 75.5 Å². The number of nitro benzene ring substituents is 1. The zero-order valence-electron chi connectivity index (χ0n) is 14.2. The maximum absolute atomic E-state index is 13.9. The number of thiazole rings is 1. The molecule has 9 heteroatoms. The first-order valence-electron chi connectivity index (χ1n) is 7.82. The quantitative estimate of drug-likeness (QED) is 0.461. The van der Waals surface area contributed by atoms with Crippen LogP contribution in [0.15, 0.2) is 53.9 Å². The Balaban J connectivity index is 1.74. The predicted octanol–water partition coefficient (Wildman–Crippen LogP) is 4.45. The average molecular weight is 387 g/mol. The summed E-state index contributed by atoms with van der Waals surface area (Å²) in [7, 11) is 0. The van der Waals surface area contributed by atoms with Crippen LogP contribution in [0.1, 0.15) is 12.6 Å². The van der Waals surface area contributed by atoms with E-state index < -0.39 is 10.7 Å². The van der Waals surface area contributed by atoms with Gasteiger partial charge >= 0.3 is 0 Å². The van der Waals surface area contributed by atoms with Gasteiger partial charge in [-0.2, -0.15) is 0 Å². The molecule has 0 aliphatic carbocycles. The molecule has 1 amide bonds. The van der Waals surface area contributed by atoms with Crippen LogP contribution in [0.25, 0.3) is 0 Å². The molecule has 0 spiro atoms. The van der Waals surface area contributed by atoms with Gasteiger partial charge < -0.3 is 4.74 Å². The first kappa shape index (κ1) is 18.5. The van der Waals surface area contributed by atoms with E-state index >= 15 is 0 Å². The first-order chi connectivity index (χ1) is 13.0. The van der Waals surface area contributed by atoms with Gasteiger partial charge in [0, 0.05) is 18.4 Å². The monoisotopic (exact) mass is 387 g/mol. The summed E-state index contributed by atoms with van der Waals surface area (Å²) in [5, 5.41) is 12.8. The highest BCUT2D eigenvalue weighted by Gasteiger charge is 2.18. The van der Waals surface area contributed by atoms with Gasteiger partial charge in [0.15, 0.2) is 16.7 Å². The lowest BCUT2D eigenvalue weighted by atomic mass is 10.3. The number of nitro groups is 1. The minimum Gasteiger partial charge on any atom is -0.484 e. The fourth-order valence-electron chi connectivity index (χ4n) is 2.34. The fraction of sp³-hybridized carbons (Fsp3) is 0.111. The molecule has 138 valence electrons. The summed E-state index contributed by atoms with van der Waals surface area (Å²) in [5.74, 6) is -1.12. The molecular formula is C18H14FN3O4S. The molecule has 0 N–H and O–H groups in total. The number of aromatic nitrogens is 1. The number of nitrogens with zero attached hydrogens (tertiary/aromatic N) is 3. The highest BCUT2D eigenvalue weighted by molar-refractivity contribution is 7.14. The molecule has 2 aromatic carbocycles. The van der Waals surface area contributed by atoms with Crippen molar-refractivity contribution in [2.24, 2.45) is 0 Å². The van der Waals surface area contributed by atoms with Crippen LogP contribution in [0.3, 0.4) is 0 Å². The highest BCUT2D eigenvalue weighted by Crippen LogP contribution is 2.29. The van der Waals surface area contributed by atoms with Crippen LogP contribution >= 0.6 is 11.3 Å². The molecule has 3 rings (SSSR count). The van der Waals surface area contributed by atoms with Gasteiger partial charge in [-0.1, -0.05) is 18.2 Å². The van der Waals surface area contributed by atoms with Gasteiger partial charge in [-0.15, -0.1) is 11.3 Å². The molecule has 0 saturated heterocycles. The third-order valence-corrected chi connectivity index (χ3v) is 4.44. The van der Waals surface area contributed by atoms with Crippen LogP contribution in [-0.2, 0) is 11.4 Å². The van der Waals surface area contributed by atoms with Gasteiger partial charge in [-0.25, -0.2) is 9.37 Å². The van der Waals surface area contributed by atoms with Crippen molar-refractivity contribution >= 4 is 33.8 Å². The van der Waals surface area contributed by atoms with Crippen molar-refractivity contribution in [3.8, 4) is 5.75 Å². The summed E-state index contributed by atoms with van der Waals surface area (Å²) in [6.07, 6.45) is 0. The van der Waals surface area contributed by atoms with Crippen molar-refractivity contribution in [1.29, 1.82) is 0 Å². The van der Waals surface area contributed by atoms with Gasteiger partial charge in [0.1, 0.15) is 6.61 Å². The van der Waals surface area contributed by atoms with E-state index in [1.54, 1.807) is 17.5 Å². The topological polar surface area (TPSA) is 85.6 Å². The standard InChI is InChI=1S/C18H14FN3O4S/c1-12(23)21(14-5-3-2-4-6-14)18-20-13(11-27-18)10-26-17-8-7-15(22(24)25)9-16(17)19/h2-9,11H,10H2,1H3. The number of benzene rings is 2. The number of para-hydroxylation sites is 1. The maximum Gasteiger partial charge on any atom is 0.272 e. The number of hydrogen-bond donors (Lipinski definition) is 0. The third kappa shape index (κ3) is 4.26. The normalized spacial score (nSPS) is 10.4. The van der Waals surface area contributed by atoms with Crippen molar-refractivity contribution in [2.45, 2.75) is 13.5 Å². The number of anilines is 2. The molecule has 0 saturated carbocycles. The minimum absolute atomic E-state index is 0.0359. The summed E-state index contributed by atoms with van der Waals surface area (Å²) >= 11 is 1.26. The second-order valence-corrected chi connectivity index (χ2v) is 6.31. The summed E-state index contributed by atoms with van der Waals surface area (Å²) in [4.78, 5) is 27.8. The molecule has 3 aromatic rings. The third-order valence-electron chi connectivity index (χ3n) is 3.56. The van der Waals surface area contributed by atoms with Crippen LogP contribution in [0.4, 0.5) is 20.9 Å². The number of hydrogen-bond acceptors (Lipinski definition) is 6. The minimum atomic E-state index is -0.825. The van der Waals surface area contributed by atoms with E-state index in [1.165, 1.54) is 29.2 Å². The van der Waals surface area contributed by atoms with Crippen molar-refractivity contribution in [2.75, 3.05) is 4.90 Å². The van der Waals surface area contributed by atoms with Crippen molar-refractivity contribution < 1.29 is 18.8 Å². The number of amides is 1. The van der Waals surface area contributed by atoms with E-state index in [2.05, 4.69) is 4.98 Å². The Morgan fingerprint density at radius 1 is 1.30 bits per heavy atom. The maximum atomic E-state index is 13.9. The zero-order chi connectivity index (χ0) is 19.4. The average Bonchev–Trinajstić information content (AvgIpc) is 3.09. The van der Waals surface area contributed by atoms with E-state index in [9.17, 15) is 19.3 Å². The Labute approximate surface area is 157 Å². The summed E-state index contributed by atoms with van der Waals surface area (Å²) in [6, 6.07) is 12.2. The summed E-state index contributed by atoms with van der Waals surface area (Å²) in [5.41, 5.74) is 0.846. The predicted molar refractivity (Wildman–Crippen MR) is 98.8 cm³/mol. The number of non-ortho nitro benzene ring substituents is 1. The van der Waals surface area contributed by atoms with E-state index in [1.807, 2.05) is 18.2 Å². The number of carbonyl (C=O) groups excluding carboxylic acids is 1. The Hall–Kier alpha value is -3.33. The van der Waals surface area contributed by atoms with Crippen LogP contribution in [0.5, 0.6) is 5.75 Å². The first-order valence-corrected chi connectivity index (χ1v) is 8.70. The summed E-state index contributed by atoms with van der Waals surface area (Å²) in [6.45, 7) is 1.41. The molecule has 0 aliphatic rings. The smallest absolute Gasteiger partial charge is 0.272 e. The lowest BCUT2D eigenvalue weighted by Crippen LogP contribution is -2.22. The van der Waals surface area contributed by atoms with Crippen LogP contribution in [0, 0.1) is 15.9 Å². The van der Waals surface area contributed by atoms with Crippen LogP contribution in [-0.4, -0.2) is 15.8 Å². The molecule has 0 bridgehead atoms. The fourth-order valence-corrected chi connectivity index (χ4v) is 3.21. The van der Waals surface area contributed by atoms with E-state index in [0.717, 1.165) is 12.1 Å². The number of rotatable bonds is 6. The van der Waals surface area contributed by atoms with Crippen LogP contribution < -0.4 is 9.64 Å². The van der Waals surface area contributed by atoms with Gasteiger partial charge in [-0.05, 0) is 18.2 Å². The molecule has 0 atom stereocenters. The summed E-state index contributed by atoms with van der Waals surface area (Å²) < 4.78 is 19.2. The molecule has 0 fully saturated rings. The van der Waals surface area contributed by atoms with Gasteiger partial charge in [0.05, 0.1) is 22.4 Å². The molecular weight excluding hydrogens is 373 g/mol. The SMILES string of the molecule is CC(=O)N(c1ccccc1)c1nc(COc2ccc([N+](=O)[O-])cc2F)cs1. The van der Waals surface area contributed by atoms with Crippen molar-refractivity contribution in [3.63, 3.8) is 0 Å². The number of carbonyl (C=O) groups is 1. The molecule has 0 unspecified atom stereocenters. The molecule has 7 nitrogen and oxygen atoms in total. The Morgan fingerprint density at radius 2 is 2.04 bits per heavy atom. The van der Waals surface area contributed by atoms with Gasteiger partial charge in [0.25, 0.3) is 5.69 Å². The van der Waals surface area contributed by atoms with E-state index in [4.69, 9.17) is 4.74 Å². The molecule has 1 aromatic heterocycles. The largest absolute Gasteiger partial charge is 0.484 e. The van der Waals surface area contributed by atoms with Crippen LogP contribution in [0.2, 0.25) is 0 Å². The second-order valence-electron chi connectivity index (χ2n) is 5.47. The number of ether oxygens (including phenoxy) is 1.